The second kappa shape index (κ2) is 4.85. The fourth-order valence-corrected chi connectivity index (χ4v) is 2.53. The molecule has 0 spiro atoms. The van der Waals surface area contributed by atoms with Crippen LogP contribution in [0.3, 0.4) is 0 Å². The van der Waals surface area contributed by atoms with Gasteiger partial charge in [-0.05, 0) is 25.2 Å². The van der Waals surface area contributed by atoms with Crippen molar-refractivity contribution in [3.63, 3.8) is 0 Å². The van der Waals surface area contributed by atoms with Crippen molar-refractivity contribution in [1.82, 2.24) is 9.55 Å². The van der Waals surface area contributed by atoms with Gasteiger partial charge in [-0.1, -0.05) is 13.8 Å². The predicted octanol–water partition coefficient (Wildman–Crippen LogP) is 0.935. The number of aromatic amines is 1. The molecule has 0 bridgehead atoms. The molecule has 0 aliphatic heterocycles. The van der Waals surface area contributed by atoms with Crippen LogP contribution >= 0.6 is 0 Å². The van der Waals surface area contributed by atoms with E-state index < -0.39 is 16.9 Å². The van der Waals surface area contributed by atoms with Crippen LogP contribution in [0.15, 0.2) is 9.59 Å². The number of ether oxygens (including phenoxy) is 1. The highest BCUT2D eigenvalue weighted by molar-refractivity contribution is 5.26. The Kier molecular flexibility index (Phi) is 3.54. The Bertz CT molecular complexity index is 576. The molecule has 0 radical (unpaired) electrons. The van der Waals surface area contributed by atoms with E-state index in [4.69, 9.17) is 4.74 Å². The van der Waals surface area contributed by atoms with E-state index in [9.17, 15) is 14.7 Å². The van der Waals surface area contributed by atoms with Crippen LogP contribution in [0.4, 0.5) is 0 Å². The van der Waals surface area contributed by atoms with Gasteiger partial charge in [0, 0.05) is 7.11 Å². The van der Waals surface area contributed by atoms with Crippen molar-refractivity contribution in [3.05, 3.63) is 26.4 Å². The molecule has 0 amide bonds. The molecule has 19 heavy (non-hydrogen) atoms. The van der Waals surface area contributed by atoms with E-state index in [1.54, 1.807) is 21.0 Å². The standard InChI is InChI=1S/C13H20N2O4/c1-8(2)9-10(16)14-12(18)15(11(9)17)7-13(19-3)5-4-6-13/h8,17H,4-7H2,1-3H3,(H,14,16,18). The van der Waals surface area contributed by atoms with Gasteiger partial charge in [-0.2, -0.15) is 0 Å². The molecule has 1 aromatic rings. The third-order valence-electron chi connectivity index (χ3n) is 3.93. The molecular formula is C13H20N2O4. The first-order valence-electron chi connectivity index (χ1n) is 6.51. The molecule has 2 rings (SSSR count). The zero-order chi connectivity index (χ0) is 14.2. The minimum absolute atomic E-state index is 0.157. The molecule has 1 heterocycles. The van der Waals surface area contributed by atoms with Gasteiger partial charge in [0.15, 0.2) is 0 Å². The Balaban J connectivity index is 2.49. The molecule has 0 unspecified atom stereocenters. The summed E-state index contributed by atoms with van der Waals surface area (Å²) in [5, 5.41) is 10.2. The minimum Gasteiger partial charge on any atom is -0.494 e. The first kappa shape index (κ1) is 13.9. The summed E-state index contributed by atoms with van der Waals surface area (Å²) in [7, 11) is 1.61. The number of rotatable bonds is 4. The monoisotopic (exact) mass is 268 g/mol. The molecule has 1 aromatic heterocycles. The van der Waals surface area contributed by atoms with Gasteiger partial charge in [0.25, 0.3) is 5.56 Å². The lowest BCUT2D eigenvalue weighted by atomic mass is 9.80. The maximum Gasteiger partial charge on any atom is 0.331 e. The van der Waals surface area contributed by atoms with Gasteiger partial charge in [-0.25, -0.2) is 4.79 Å². The molecule has 0 saturated heterocycles. The van der Waals surface area contributed by atoms with E-state index in [0.717, 1.165) is 19.3 Å². The molecule has 1 saturated carbocycles. The van der Waals surface area contributed by atoms with Gasteiger partial charge in [0.1, 0.15) is 0 Å². The third kappa shape index (κ3) is 2.32. The number of aromatic nitrogens is 2. The molecule has 1 aliphatic carbocycles. The van der Waals surface area contributed by atoms with Crippen LogP contribution in [0.5, 0.6) is 5.88 Å². The average molecular weight is 268 g/mol. The lowest BCUT2D eigenvalue weighted by molar-refractivity contribution is -0.0853. The van der Waals surface area contributed by atoms with Crippen LogP contribution in [-0.2, 0) is 11.3 Å². The average Bonchev–Trinajstić information content (AvgIpc) is 2.26. The third-order valence-corrected chi connectivity index (χ3v) is 3.93. The van der Waals surface area contributed by atoms with Gasteiger partial charge in [-0.3, -0.25) is 14.3 Å². The summed E-state index contributed by atoms with van der Waals surface area (Å²) in [5.74, 6) is -0.400. The van der Waals surface area contributed by atoms with E-state index in [-0.39, 0.29) is 23.9 Å². The van der Waals surface area contributed by atoms with Gasteiger partial charge in [0.05, 0.1) is 17.7 Å². The van der Waals surface area contributed by atoms with Crippen LogP contribution in [0, 0.1) is 0 Å². The number of methoxy groups -OCH3 is 1. The number of hydrogen-bond acceptors (Lipinski definition) is 4. The van der Waals surface area contributed by atoms with Crippen molar-refractivity contribution in [3.8, 4) is 5.88 Å². The Labute approximate surface area is 111 Å². The summed E-state index contributed by atoms with van der Waals surface area (Å²) >= 11 is 0. The predicted molar refractivity (Wildman–Crippen MR) is 70.7 cm³/mol. The minimum atomic E-state index is -0.588. The maximum absolute atomic E-state index is 11.9. The number of H-pyrrole nitrogens is 1. The van der Waals surface area contributed by atoms with Crippen molar-refractivity contribution in [1.29, 1.82) is 0 Å². The molecule has 1 aliphatic rings. The quantitative estimate of drug-likeness (QED) is 0.851. The number of nitrogens with one attached hydrogen (secondary N) is 1. The first-order valence-corrected chi connectivity index (χ1v) is 6.51. The van der Waals surface area contributed by atoms with Crippen LogP contribution < -0.4 is 11.2 Å². The van der Waals surface area contributed by atoms with Crippen LogP contribution in [-0.4, -0.2) is 27.4 Å². The zero-order valence-corrected chi connectivity index (χ0v) is 11.5. The van der Waals surface area contributed by atoms with Gasteiger partial charge in [0.2, 0.25) is 5.88 Å². The van der Waals surface area contributed by atoms with Crippen molar-refractivity contribution >= 4 is 0 Å². The van der Waals surface area contributed by atoms with Gasteiger partial charge < -0.3 is 9.84 Å². The molecule has 2 N–H and O–H groups in total. The van der Waals surface area contributed by atoms with Gasteiger partial charge >= 0.3 is 5.69 Å². The normalized spacial score (nSPS) is 17.5. The number of aromatic hydroxyl groups is 1. The lowest BCUT2D eigenvalue weighted by Crippen LogP contribution is -2.47. The topological polar surface area (TPSA) is 84.3 Å². The van der Waals surface area contributed by atoms with E-state index in [1.807, 2.05) is 0 Å². The van der Waals surface area contributed by atoms with E-state index >= 15 is 0 Å². The molecular weight excluding hydrogens is 248 g/mol. The Morgan fingerprint density at radius 2 is 2.05 bits per heavy atom. The first-order chi connectivity index (χ1) is 8.90. The summed E-state index contributed by atoms with van der Waals surface area (Å²) in [6.45, 7) is 3.87. The van der Waals surface area contributed by atoms with Crippen molar-refractivity contribution in [2.75, 3.05) is 7.11 Å². The highest BCUT2D eigenvalue weighted by Crippen LogP contribution is 2.37. The van der Waals surface area contributed by atoms with Crippen molar-refractivity contribution in [2.45, 2.75) is 51.2 Å². The maximum atomic E-state index is 11.9. The lowest BCUT2D eigenvalue weighted by Gasteiger charge is -2.40. The van der Waals surface area contributed by atoms with E-state index in [1.165, 1.54) is 4.57 Å². The zero-order valence-electron chi connectivity index (χ0n) is 11.5. The Morgan fingerprint density at radius 3 is 2.47 bits per heavy atom. The molecule has 0 atom stereocenters. The van der Waals surface area contributed by atoms with Crippen LogP contribution in [0.25, 0.3) is 0 Å². The SMILES string of the molecule is COC1(Cn2c(O)c(C(C)C)c(=O)[nH]c2=O)CCC1. The number of nitrogens with zero attached hydrogens (tertiary/aromatic N) is 1. The second-order valence-electron chi connectivity index (χ2n) is 5.48. The molecule has 1 fully saturated rings. The van der Waals surface area contributed by atoms with Crippen molar-refractivity contribution in [2.24, 2.45) is 0 Å². The Hall–Kier alpha value is -1.56. The summed E-state index contributed by atoms with van der Waals surface area (Å²) in [4.78, 5) is 25.8. The molecule has 106 valence electrons. The molecule has 6 nitrogen and oxygen atoms in total. The van der Waals surface area contributed by atoms with Crippen molar-refractivity contribution < 1.29 is 9.84 Å². The second-order valence-corrected chi connectivity index (χ2v) is 5.48. The highest BCUT2D eigenvalue weighted by Gasteiger charge is 2.38. The van der Waals surface area contributed by atoms with Crippen LogP contribution in [0.1, 0.15) is 44.6 Å². The largest absolute Gasteiger partial charge is 0.494 e. The number of hydrogen-bond donors (Lipinski definition) is 2. The van der Waals surface area contributed by atoms with E-state index in [2.05, 4.69) is 4.98 Å². The highest BCUT2D eigenvalue weighted by atomic mass is 16.5. The summed E-state index contributed by atoms with van der Waals surface area (Å²) < 4.78 is 6.66. The van der Waals surface area contributed by atoms with Crippen LogP contribution in [0.2, 0.25) is 0 Å². The van der Waals surface area contributed by atoms with Gasteiger partial charge in [-0.15, -0.1) is 0 Å². The Morgan fingerprint density at radius 1 is 1.42 bits per heavy atom. The smallest absolute Gasteiger partial charge is 0.331 e. The molecule has 0 aromatic carbocycles. The fourth-order valence-electron chi connectivity index (χ4n) is 2.53. The summed E-state index contributed by atoms with van der Waals surface area (Å²) in [6, 6.07) is 0. The summed E-state index contributed by atoms with van der Waals surface area (Å²) in [6.07, 6.45) is 2.75. The summed E-state index contributed by atoms with van der Waals surface area (Å²) in [5.41, 5.74) is -1.26. The fraction of sp³-hybridized carbons (Fsp3) is 0.692. The molecule has 6 heteroatoms. The van der Waals surface area contributed by atoms with E-state index in [0.29, 0.717) is 0 Å².